The van der Waals surface area contributed by atoms with Crippen molar-refractivity contribution in [1.82, 2.24) is 15.2 Å². The molecular weight excluding hydrogens is 710 g/mol. The van der Waals surface area contributed by atoms with Crippen LogP contribution in [0.5, 0.6) is 0 Å². The number of anilines is 1. The predicted octanol–water partition coefficient (Wildman–Crippen LogP) is 7.45. The summed E-state index contributed by atoms with van der Waals surface area (Å²) < 4.78 is 97.5. The third-order valence-electron chi connectivity index (χ3n) is 8.30. The van der Waals surface area contributed by atoms with E-state index in [4.69, 9.17) is 14.2 Å². The summed E-state index contributed by atoms with van der Waals surface area (Å²) in [5, 5.41) is 4.28. The van der Waals surface area contributed by atoms with Gasteiger partial charge in [0.15, 0.2) is 0 Å². The third-order valence-corrected chi connectivity index (χ3v) is 8.30. The van der Waals surface area contributed by atoms with E-state index in [1.165, 1.54) is 11.1 Å². The van der Waals surface area contributed by atoms with Crippen molar-refractivity contribution in [3.05, 3.63) is 94.6 Å². The van der Waals surface area contributed by atoms with Crippen molar-refractivity contribution in [2.45, 2.75) is 83.2 Å². The van der Waals surface area contributed by atoms with E-state index < -0.39 is 78.5 Å². The number of rotatable bonds is 12. The van der Waals surface area contributed by atoms with Crippen LogP contribution in [0.4, 0.5) is 41.6 Å². The van der Waals surface area contributed by atoms with E-state index in [1.54, 1.807) is 38.2 Å². The van der Waals surface area contributed by atoms with Gasteiger partial charge in [0.2, 0.25) is 5.91 Å². The minimum Gasteiger partial charge on any atom is -0.447 e. The van der Waals surface area contributed by atoms with Gasteiger partial charge >= 0.3 is 18.4 Å². The molecule has 2 N–H and O–H groups in total. The molecule has 1 fully saturated rings. The van der Waals surface area contributed by atoms with Crippen molar-refractivity contribution < 1.29 is 54.9 Å². The number of halogens is 6. The molecule has 3 atom stereocenters. The Balaban J connectivity index is 1.46. The van der Waals surface area contributed by atoms with Crippen LogP contribution >= 0.6 is 0 Å². The van der Waals surface area contributed by atoms with Crippen LogP contribution in [-0.2, 0) is 31.8 Å². The maximum atomic E-state index is 15.2. The summed E-state index contributed by atoms with van der Waals surface area (Å²) in [4.78, 5) is 43.6. The van der Waals surface area contributed by atoms with Crippen molar-refractivity contribution in [1.29, 1.82) is 0 Å². The van der Waals surface area contributed by atoms with E-state index in [1.807, 2.05) is 19.1 Å². The fourth-order valence-corrected chi connectivity index (χ4v) is 5.72. The fraction of sp³-hybridized carbons (Fsp3) is 0.459. The van der Waals surface area contributed by atoms with Gasteiger partial charge < -0.3 is 24.8 Å². The van der Waals surface area contributed by atoms with Gasteiger partial charge in [-0.3, -0.25) is 14.7 Å². The van der Waals surface area contributed by atoms with Crippen LogP contribution in [0.25, 0.3) is 0 Å². The second-order valence-electron chi connectivity index (χ2n) is 13.6. The molecule has 3 aromatic rings. The first-order valence-electron chi connectivity index (χ1n) is 17.0. The van der Waals surface area contributed by atoms with Crippen molar-refractivity contribution in [3.8, 4) is 0 Å². The second kappa shape index (κ2) is 17.8. The first-order valence-corrected chi connectivity index (χ1v) is 17.0. The molecule has 3 amide bonds. The number of morpholine rings is 1. The number of aromatic nitrogens is 1. The Morgan fingerprint density at radius 1 is 1.00 bits per heavy atom. The van der Waals surface area contributed by atoms with Gasteiger partial charge in [0.25, 0.3) is 0 Å². The molecule has 0 bridgehead atoms. The number of aryl methyl sites for hydroxylation is 1. The lowest BCUT2D eigenvalue weighted by Crippen LogP contribution is -2.55. The minimum absolute atomic E-state index is 0.00875. The topological polar surface area (TPSA) is 119 Å². The number of ether oxygens (including phenoxy) is 3. The highest BCUT2D eigenvalue weighted by Crippen LogP contribution is 2.31. The maximum Gasteiger partial charge on any atom is 0.410 e. The Morgan fingerprint density at radius 3 is 2.30 bits per heavy atom. The summed E-state index contributed by atoms with van der Waals surface area (Å²) in [5.74, 6) is -3.63. The van der Waals surface area contributed by atoms with Gasteiger partial charge in [-0.05, 0) is 68.9 Å². The highest BCUT2D eigenvalue weighted by Gasteiger charge is 2.36. The number of pyridine rings is 1. The molecule has 1 aliphatic rings. The highest BCUT2D eigenvalue weighted by molar-refractivity contribution is 5.92. The molecule has 1 aromatic heterocycles. The zero-order valence-corrected chi connectivity index (χ0v) is 29.7. The number of amides is 3. The van der Waals surface area contributed by atoms with Gasteiger partial charge in [0.05, 0.1) is 43.4 Å². The van der Waals surface area contributed by atoms with Crippen molar-refractivity contribution >= 4 is 23.8 Å². The van der Waals surface area contributed by atoms with E-state index in [2.05, 4.69) is 10.3 Å². The number of nitrogens with zero attached hydrogens (tertiary/aromatic N) is 2. The molecule has 0 saturated carbocycles. The molecule has 1 saturated heterocycles. The van der Waals surface area contributed by atoms with E-state index >= 15 is 4.39 Å². The molecular formula is C37H42F6N4O6. The van der Waals surface area contributed by atoms with E-state index in [9.17, 15) is 36.3 Å². The molecule has 0 aliphatic carbocycles. The molecule has 288 valence electrons. The second-order valence-corrected chi connectivity index (χ2v) is 13.6. The number of hydrogen-bond donors (Lipinski definition) is 2. The molecule has 53 heavy (non-hydrogen) atoms. The largest absolute Gasteiger partial charge is 0.447 e. The van der Waals surface area contributed by atoms with Crippen LogP contribution in [0.2, 0.25) is 0 Å². The lowest BCUT2D eigenvalue weighted by molar-refractivity contribution is -0.124. The molecule has 0 radical (unpaired) electrons. The van der Waals surface area contributed by atoms with Crippen LogP contribution in [0.3, 0.4) is 0 Å². The zero-order valence-electron chi connectivity index (χ0n) is 29.7. The first-order chi connectivity index (χ1) is 24.9. The third kappa shape index (κ3) is 12.6. The summed E-state index contributed by atoms with van der Waals surface area (Å²) in [7, 11) is 0. The Morgan fingerprint density at radius 2 is 1.68 bits per heavy atom. The molecule has 0 spiro atoms. The normalized spacial score (nSPS) is 16.8. The van der Waals surface area contributed by atoms with Crippen molar-refractivity contribution in [2.75, 3.05) is 31.6 Å². The molecule has 3 unspecified atom stereocenters. The zero-order chi connectivity index (χ0) is 38.9. The lowest BCUT2D eigenvalue weighted by Gasteiger charge is -2.39. The fourth-order valence-electron chi connectivity index (χ4n) is 5.72. The Kier molecular flexibility index (Phi) is 13.7. The lowest BCUT2D eigenvalue weighted by atomic mass is 9.87. The summed E-state index contributed by atoms with van der Waals surface area (Å²) >= 11 is 0. The predicted molar refractivity (Wildman–Crippen MR) is 182 cm³/mol. The Hall–Kier alpha value is -4.86. The van der Waals surface area contributed by atoms with Crippen LogP contribution in [-0.4, -0.2) is 78.2 Å². The molecule has 2 aromatic carbocycles. The number of benzene rings is 2. The molecule has 10 nitrogen and oxygen atoms in total. The molecule has 4 rings (SSSR count). The number of hydrogen-bond acceptors (Lipinski definition) is 7. The van der Waals surface area contributed by atoms with Crippen molar-refractivity contribution in [2.24, 2.45) is 0 Å². The highest BCUT2D eigenvalue weighted by atomic mass is 19.4. The Bertz CT molecular complexity index is 1710. The first kappa shape index (κ1) is 40.9. The summed E-state index contributed by atoms with van der Waals surface area (Å²) in [5.41, 5.74) is 1.17. The summed E-state index contributed by atoms with van der Waals surface area (Å²) in [6.45, 7) is 4.54. The van der Waals surface area contributed by atoms with Crippen LogP contribution in [0, 0.1) is 17.5 Å². The minimum atomic E-state index is -4.65. The number of carbonyl (C=O) groups is 3. The standard InChI is InChI=1S/C37H42F6N4O6/c1-5-22-6-8-23(9-7-22)30(24-12-25(38)14-26(39)13-24)15-33(48)46-32-17-44-16-31(40)29(32)11-10-28-18-47(35(50)53-36(2,3)4)27(19-51-28)20-52-34(49)45-21-37(41,42)43/h6-9,12-14,16-17,27-28,30H,5,10-11,15,18-21H2,1-4H3,(H,45,49)(H,46,48). The van der Waals surface area contributed by atoms with Crippen molar-refractivity contribution in [3.63, 3.8) is 0 Å². The monoisotopic (exact) mass is 752 g/mol. The smallest absolute Gasteiger partial charge is 0.410 e. The van der Waals surface area contributed by atoms with Gasteiger partial charge in [-0.1, -0.05) is 31.2 Å². The van der Waals surface area contributed by atoms with E-state index in [0.29, 0.717) is 5.56 Å². The van der Waals surface area contributed by atoms with E-state index in [0.717, 1.165) is 36.4 Å². The number of nitrogens with one attached hydrogen (secondary N) is 2. The summed E-state index contributed by atoms with van der Waals surface area (Å²) in [6, 6.07) is 9.48. The van der Waals surface area contributed by atoms with Gasteiger partial charge in [0, 0.05) is 24.0 Å². The Labute approximate surface area is 303 Å². The SMILES string of the molecule is CCc1ccc(C(CC(=O)Nc2cncc(F)c2CCC2CN(C(=O)OC(C)(C)C)C(COC(=O)NCC(F)(F)F)CO2)c2cc(F)cc(F)c2)cc1. The van der Waals surface area contributed by atoms with Gasteiger partial charge in [-0.2, -0.15) is 13.2 Å². The van der Waals surface area contributed by atoms with Crippen LogP contribution in [0.1, 0.15) is 68.7 Å². The summed E-state index contributed by atoms with van der Waals surface area (Å²) in [6.07, 6.45) is -4.53. The van der Waals surface area contributed by atoms with Gasteiger partial charge in [-0.15, -0.1) is 0 Å². The molecule has 2 heterocycles. The maximum absolute atomic E-state index is 15.2. The molecule has 16 heteroatoms. The van der Waals surface area contributed by atoms with Crippen LogP contribution in [0.15, 0.2) is 54.9 Å². The molecule has 1 aliphatic heterocycles. The quantitative estimate of drug-likeness (QED) is 0.185. The average Bonchev–Trinajstić information content (AvgIpc) is 3.07. The number of carbonyl (C=O) groups excluding carboxylic acids is 3. The number of alkyl halides is 3. The number of alkyl carbamates (subject to hydrolysis) is 1. The van der Waals surface area contributed by atoms with E-state index in [-0.39, 0.29) is 49.2 Å². The average molecular weight is 753 g/mol. The van der Waals surface area contributed by atoms with Crippen LogP contribution < -0.4 is 10.6 Å². The van der Waals surface area contributed by atoms with Gasteiger partial charge in [-0.25, -0.2) is 22.8 Å². The van der Waals surface area contributed by atoms with Gasteiger partial charge in [0.1, 0.15) is 36.2 Å².